The molecular formula is C13H28N2O. The molecule has 3 nitrogen and oxygen atoms in total. The zero-order valence-electron chi connectivity index (χ0n) is 10.3. The van der Waals surface area contributed by atoms with Crippen LogP contribution in [0.1, 0.15) is 72.1 Å². The second-order valence-electron chi connectivity index (χ2n) is 4.96. The number of carbonyl (C=O) groups excluding carboxylic acids is 1. The molecule has 2 fully saturated rings. The van der Waals surface area contributed by atoms with E-state index in [0.29, 0.717) is 6.04 Å². The van der Waals surface area contributed by atoms with Crippen LogP contribution in [0.25, 0.3) is 0 Å². The number of carbonyl (C=O) groups is 1. The van der Waals surface area contributed by atoms with Gasteiger partial charge in [0, 0.05) is 7.47 Å². The second kappa shape index (κ2) is 8.43. The van der Waals surface area contributed by atoms with E-state index in [1.54, 1.807) is 0 Å². The first-order chi connectivity index (χ1) is 7.79. The lowest BCUT2D eigenvalue weighted by atomic mass is 9.96. The Hall–Kier alpha value is -0.730. The summed E-state index contributed by atoms with van der Waals surface area (Å²) >= 11 is 0. The predicted octanol–water partition coefficient (Wildman–Crippen LogP) is 3.57. The van der Waals surface area contributed by atoms with Gasteiger partial charge in [-0.3, -0.25) is 0 Å². The Bertz CT molecular complexity index is 178. The van der Waals surface area contributed by atoms with Crippen molar-refractivity contribution in [3.05, 3.63) is 0 Å². The first-order valence-corrected chi connectivity index (χ1v) is 6.85. The van der Waals surface area contributed by atoms with Crippen LogP contribution in [-0.2, 0) is 0 Å². The molecule has 0 aromatic rings. The number of hydrogen-bond acceptors (Lipinski definition) is 1. The van der Waals surface area contributed by atoms with E-state index >= 15 is 0 Å². The molecule has 0 aliphatic heterocycles. The molecule has 2 amide bonds. The molecule has 2 aliphatic rings. The Morgan fingerprint density at radius 3 is 1.62 bits per heavy atom. The van der Waals surface area contributed by atoms with Crippen molar-refractivity contribution in [2.45, 2.75) is 76.7 Å². The standard InChI is InChI=1S/C7H14N2O.C6H12.H2/c8-7(10)9-6-4-2-1-3-5-6;1-2-4-6-5-3-1;/h6H,1-5H2,(H3,8,9,10);1-6H2;1H. The average Bonchev–Trinajstić information content (AvgIpc) is 2.32. The van der Waals surface area contributed by atoms with Crippen molar-refractivity contribution < 1.29 is 6.22 Å². The molecule has 0 radical (unpaired) electrons. The van der Waals surface area contributed by atoms with Gasteiger partial charge < -0.3 is 11.1 Å². The summed E-state index contributed by atoms with van der Waals surface area (Å²) in [6.45, 7) is 0. The van der Waals surface area contributed by atoms with Crippen LogP contribution in [0.2, 0.25) is 0 Å². The van der Waals surface area contributed by atoms with Crippen molar-refractivity contribution in [2.24, 2.45) is 5.73 Å². The molecule has 0 unspecified atom stereocenters. The predicted molar refractivity (Wildman–Crippen MR) is 69.4 cm³/mol. The first kappa shape index (κ1) is 13.3. The van der Waals surface area contributed by atoms with Gasteiger partial charge in [0.1, 0.15) is 0 Å². The first-order valence-electron chi connectivity index (χ1n) is 6.85. The minimum atomic E-state index is -0.382. The third kappa shape index (κ3) is 6.70. The van der Waals surface area contributed by atoms with Gasteiger partial charge in [-0.05, 0) is 12.8 Å². The van der Waals surface area contributed by atoms with Crippen LogP contribution in [0.15, 0.2) is 0 Å². The fourth-order valence-corrected chi connectivity index (χ4v) is 2.51. The van der Waals surface area contributed by atoms with Gasteiger partial charge >= 0.3 is 6.03 Å². The Balaban J connectivity index is 0.000000316. The molecule has 2 aliphatic carbocycles. The monoisotopic (exact) mass is 228 g/mol. The van der Waals surface area contributed by atoms with Gasteiger partial charge in [0.2, 0.25) is 0 Å². The molecule has 0 atom stereocenters. The van der Waals surface area contributed by atoms with Crippen LogP contribution in [0.5, 0.6) is 0 Å². The molecule has 0 heterocycles. The van der Waals surface area contributed by atoms with Crippen LogP contribution < -0.4 is 11.1 Å². The maximum absolute atomic E-state index is 10.4. The topological polar surface area (TPSA) is 55.1 Å². The van der Waals surface area contributed by atoms with Gasteiger partial charge in [0.25, 0.3) is 0 Å². The zero-order valence-corrected chi connectivity index (χ0v) is 10.3. The fourth-order valence-electron chi connectivity index (χ4n) is 2.51. The summed E-state index contributed by atoms with van der Waals surface area (Å²) in [5.41, 5.74) is 4.97. The van der Waals surface area contributed by atoms with Crippen molar-refractivity contribution >= 4 is 6.03 Å². The molecule has 0 spiro atoms. The molecule has 3 N–H and O–H groups in total. The quantitative estimate of drug-likeness (QED) is 0.708. The maximum Gasteiger partial charge on any atom is 0.312 e. The molecule has 0 aromatic carbocycles. The van der Waals surface area contributed by atoms with Gasteiger partial charge in [0.05, 0.1) is 0 Å². The van der Waals surface area contributed by atoms with Gasteiger partial charge in [-0.15, -0.1) is 0 Å². The van der Waals surface area contributed by atoms with Gasteiger partial charge in [-0.2, -0.15) is 0 Å². The van der Waals surface area contributed by atoms with Crippen molar-refractivity contribution in [1.29, 1.82) is 0 Å². The molecule has 96 valence electrons. The highest BCUT2D eigenvalue weighted by Crippen LogP contribution is 2.17. The Kier molecular flexibility index (Phi) is 7.02. The molecule has 0 bridgehead atoms. The largest absolute Gasteiger partial charge is 0.352 e. The number of urea groups is 1. The van der Waals surface area contributed by atoms with Crippen molar-refractivity contribution in [3.63, 3.8) is 0 Å². The smallest absolute Gasteiger partial charge is 0.312 e. The summed E-state index contributed by atoms with van der Waals surface area (Å²) < 4.78 is 0. The van der Waals surface area contributed by atoms with Crippen LogP contribution in [0.4, 0.5) is 4.79 Å². The van der Waals surface area contributed by atoms with E-state index < -0.39 is 0 Å². The highest BCUT2D eigenvalue weighted by Gasteiger charge is 2.13. The normalized spacial score (nSPS) is 21.8. The molecule has 0 saturated heterocycles. The van der Waals surface area contributed by atoms with E-state index in [0.717, 1.165) is 12.8 Å². The number of amides is 2. The van der Waals surface area contributed by atoms with E-state index in [9.17, 15) is 4.79 Å². The Morgan fingerprint density at radius 1 is 0.875 bits per heavy atom. The highest BCUT2D eigenvalue weighted by atomic mass is 16.2. The molecular weight excluding hydrogens is 200 g/mol. The molecule has 3 heteroatoms. The summed E-state index contributed by atoms with van der Waals surface area (Å²) in [6.07, 6.45) is 15.0. The van der Waals surface area contributed by atoms with E-state index in [4.69, 9.17) is 5.73 Å². The van der Waals surface area contributed by atoms with Gasteiger partial charge in [-0.25, -0.2) is 4.79 Å². The number of hydrogen-bond donors (Lipinski definition) is 2. The lowest BCUT2D eigenvalue weighted by molar-refractivity contribution is 0.241. The number of nitrogens with one attached hydrogen (secondary N) is 1. The van der Waals surface area contributed by atoms with E-state index in [2.05, 4.69) is 5.32 Å². The van der Waals surface area contributed by atoms with Crippen molar-refractivity contribution in [1.82, 2.24) is 5.32 Å². The van der Waals surface area contributed by atoms with E-state index in [1.807, 2.05) is 0 Å². The van der Waals surface area contributed by atoms with Crippen LogP contribution in [0.3, 0.4) is 0 Å². The number of nitrogens with two attached hydrogens (primary N) is 1. The number of primary amides is 1. The summed E-state index contributed by atoms with van der Waals surface area (Å²) in [4.78, 5) is 10.4. The van der Waals surface area contributed by atoms with Crippen molar-refractivity contribution in [2.75, 3.05) is 0 Å². The lowest BCUT2D eigenvalue weighted by Crippen LogP contribution is -2.39. The summed E-state index contributed by atoms with van der Waals surface area (Å²) in [5.74, 6) is 0. The Morgan fingerprint density at radius 2 is 1.25 bits per heavy atom. The summed E-state index contributed by atoms with van der Waals surface area (Å²) in [5, 5.41) is 2.72. The van der Waals surface area contributed by atoms with E-state index in [-0.39, 0.29) is 7.46 Å². The zero-order chi connectivity index (χ0) is 11.6. The van der Waals surface area contributed by atoms with Crippen LogP contribution >= 0.6 is 0 Å². The molecule has 2 saturated carbocycles. The Labute approximate surface area is 101 Å². The number of rotatable bonds is 1. The van der Waals surface area contributed by atoms with Gasteiger partial charge in [0.15, 0.2) is 0 Å². The van der Waals surface area contributed by atoms with E-state index in [1.165, 1.54) is 57.8 Å². The van der Waals surface area contributed by atoms with Crippen LogP contribution in [-0.4, -0.2) is 12.1 Å². The SMILES string of the molecule is C1CCCCC1.NC(=O)NC1CCCCC1.[HH]. The fraction of sp³-hybridized carbons (Fsp3) is 0.923. The lowest BCUT2D eigenvalue weighted by Gasteiger charge is -2.21. The third-order valence-electron chi connectivity index (χ3n) is 3.45. The van der Waals surface area contributed by atoms with Gasteiger partial charge in [-0.1, -0.05) is 57.8 Å². The molecule has 16 heavy (non-hydrogen) atoms. The second-order valence-corrected chi connectivity index (χ2v) is 4.96. The summed E-state index contributed by atoms with van der Waals surface area (Å²) in [7, 11) is 0. The minimum absolute atomic E-state index is 0. The molecule has 0 aromatic heterocycles. The van der Waals surface area contributed by atoms with Crippen LogP contribution in [0, 0.1) is 0 Å². The minimum Gasteiger partial charge on any atom is -0.352 e. The highest BCUT2D eigenvalue weighted by molar-refractivity contribution is 5.71. The summed E-state index contributed by atoms with van der Waals surface area (Å²) in [6, 6.07) is -0.0295. The molecule has 2 rings (SSSR count). The maximum atomic E-state index is 10.4. The average molecular weight is 228 g/mol. The third-order valence-corrected chi connectivity index (χ3v) is 3.45. The van der Waals surface area contributed by atoms with Crippen molar-refractivity contribution in [3.8, 4) is 0 Å².